The summed E-state index contributed by atoms with van der Waals surface area (Å²) in [6.45, 7) is 4.52. The number of carbonyl (C=O) groups is 1. The van der Waals surface area contributed by atoms with Gasteiger partial charge in [0, 0.05) is 0 Å². The van der Waals surface area contributed by atoms with E-state index >= 15 is 0 Å². The van der Waals surface area contributed by atoms with Crippen molar-refractivity contribution in [1.29, 1.82) is 0 Å². The molecule has 0 amide bonds. The van der Waals surface area contributed by atoms with Gasteiger partial charge < -0.3 is 4.74 Å². The van der Waals surface area contributed by atoms with Crippen LogP contribution in [0.1, 0.15) is 46.0 Å². The second-order valence-electron chi connectivity index (χ2n) is 6.70. The third-order valence-electron chi connectivity index (χ3n) is 5.48. The van der Waals surface area contributed by atoms with Crippen LogP contribution in [0.5, 0.6) is 0 Å². The number of carbonyl (C=O) groups excluding carboxylic acids is 1. The summed E-state index contributed by atoms with van der Waals surface area (Å²) in [6, 6.07) is 0. The maximum atomic E-state index is 11.5. The first-order valence-corrected chi connectivity index (χ1v) is 7.33. The molecule has 5 unspecified atom stereocenters. The van der Waals surface area contributed by atoms with Gasteiger partial charge in [-0.15, -0.1) is 0 Å². The minimum Gasteiger partial charge on any atom is -0.465 e. The average molecular weight is 236 g/mol. The Labute approximate surface area is 104 Å². The lowest BCUT2D eigenvalue weighted by Gasteiger charge is -2.31. The smallest absolute Gasteiger partial charge is 0.308 e. The van der Waals surface area contributed by atoms with Crippen LogP contribution >= 0.6 is 0 Å². The van der Waals surface area contributed by atoms with Crippen molar-refractivity contribution in [1.82, 2.24) is 0 Å². The Kier molecular flexibility index (Phi) is 2.92. The molecule has 0 radical (unpaired) electrons. The van der Waals surface area contributed by atoms with Crippen LogP contribution in [0.25, 0.3) is 0 Å². The van der Waals surface area contributed by atoms with E-state index < -0.39 is 0 Å². The third kappa shape index (κ3) is 1.90. The molecule has 0 aromatic carbocycles. The molecule has 3 rings (SSSR count). The molecule has 3 fully saturated rings. The molecule has 0 heterocycles. The molecule has 2 nitrogen and oxygen atoms in total. The molecule has 3 saturated carbocycles. The van der Waals surface area contributed by atoms with Crippen LogP contribution in [0, 0.1) is 35.5 Å². The minimum absolute atomic E-state index is 0.0178. The molecule has 0 aromatic rings. The van der Waals surface area contributed by atoms with E-state index in [9.17, 15) is 4.79 Å². The molecule has 96 valence electrons. The van der Waals surface area contributed by atoms with E-state index in [0.717, 1.165) is 23.7 Å². The van der Waals surface area contributed by atoms with Gasteiger partial charge in [0.15, 0.2) is 0 Å². The van der Waals surface area contributed by atoms with Gasteiger partial charge in [-0.25, -0.2) is 0 Å². The molecule has 0 aromatic heterocycles. The van der Waals surface area contributed by atoms with Gasteiger partial charge in [0.1, 0.15) is 0 Å². The van der Waals surface area contributed by atoms with E-state index in [0.29, 0.717) is 12.5 Å². The van der Waals surface area contributed by atoms with Crippen molar-refractivity contribution in [3.8, 4) is 0 Å². The summed E-state index contributed by atoms with van der Waals surface area (Å²) in [7, 11) is 0. The van der Waals surface area contributed by atoms with Crippen molar-refractivity contribution in [2.75, 3.05) is 6.61 Å². The first kappa shape index (κ1) is 11.6. The maximum Gasteiger partial charge on any atom is 0.308 e. The summed E-state index contributed by atoms with van der Waals surface area (Å²) in [5.41, 5.74) is 0. The Balaban J connectivity index is 1.55. The van der Waals surface area contributed by atoms with Crippen molar-refractivity contribution in [2.45, 2.75) is 46.0 Å². The SMILES string of the molecule is CC(C)C(=O)OCC1CC2CC1C1CCCC21. The summed E-state index contributed by atoms with van der Waals surface area (Å²) in [4.78, 5) is 11.5. The van der Waals surface area contributed by atoms with Gasteiger partial charge in [-0.3, -0.25) is 4.79 Å². The van der Waals surface area contributed by atoms with Crippen LogP contribution in [0.4, 0.5) is 0 Å². The van der Waals surface area contributed by atoms with Crippen molar-refractivity contribution in [3.63, 3.8) is 0 Å². The lowest BCUT2D eigenvalue weighted by Crippen LogP contribution is -2.28. The van der Waals surface area contributed by atoms with Gasteiger partial charge in [0.25, 0.3) is 0 Å². The van der Waals surface area contributed by atoms with Gasteiger partial charge in [-0.1, -0.05) is 20.3 Å². The monoisotopic (exact) mass is 236 g/mol. The zero-order valence-corrected chi connectivity index (χ0v) is 11.0. The molecular weight excluding hydrogens is 212 g/mol. The van der Waals surface area contributed by atoms with Crippen LogP contribution in [-0.4, -0.2) is 12.6 Å². The third-order valence-corrected chi connectivity index (χ3v) is 5.48. The zero-order chi connectivity index (χ0) is 12.0. The summed E-state index contributed by atoms with van der Waals surface area (Å²) in [6.07, 6.45) is 7.13. The lowest BCUT2D eigenvalue weighted by atomic mass is 9.76. The molecule has 0 N–H and O–H groups in total. The minimum atomic E-state index is -0.0178. The maximum absolute atomic E-state index is 11.5. The number of ether oxygens (including phenoxy) is 1. The predicted octanol–water partition coefficient (Wildman–Crippen LogP) is 3.26. The highest BCUT2D eigenvalue weighted by Crippen LogP contribution is 2.60. The Morgan fingerprint density at radius 3 is 2.71 bits per heavy atom. The Bertz CT molecular complexity index is 310. The number of hydrogen-bond donors (Lipinski definition) is 0. The van der Waals surface area contributed by atoms with E-state index in [1.807, 2.05) is 13.8 Å². The highest BCUT2D eigenvalue weighted by Gasteiger charge is 2.53. The van der Waals surface area contributed by atoms with Crippen molar-refractivity contribution < 1.29 is 9.53 Å². The molecule has 2 bridgehead atoms. The van der Waals surface area contributed by atoms with E-state index in [-0.39, 0.29) is 11.9 Å². The predicted molar refractivity (Wildman–Crippen MR) is 66.3 cm³/mol. The van der Waals surface area contributed by atoms with Crippen LogP contribution < -0.4 is 0 Å². The highest BCUT2D eigenvalue weighted by atomic mass is 16.5. The van der Waals surface area contributed by atoms with E-state index in [2.05, 4.69) is 0 Å². The van der Waals surface area contributed by atoms with Gasteiger partial charge in [0.2, 0.25) is 0 Å². The number of rotatable bonds is 3. The topological polar surface area (TPSA) is 26.3 Å². The molecule has 0 spiro atoms. The second kappa shape index (κ2) is 4.29. The van der Waals surface area contributed by atoms with E-state index in [1.54, 1.807) is 0 Å². The van der Waals surface area contributed by atoms with Crippen molar-refractivity contribution in [2.24, 2.45) is 35.5 Å². The second-order valence-corrected chi connectivity index (χ2v) is 6.70. The molecule has 0 aliphatic heterocycles. The molecule has 3 aliphatic carbocycles. The molecule has 17 heavy (non-hydrogen) atoms. The van der Waals surface area contributed by atoms with E-state index in [1.165, 1.54) is 32.1 Å². The molecule has 3 aliphatic rings. The largest absolute Gasteiger partial charge is 0.465 e. The number of esters is 1. The Hall–Kier alpha value is -0.530. The van der Waals surface area contributed by atoms with Crippen LogP contribution in [0.2, 0.25) is 0 Å². The highest BCUT2D eigenvalue weighted by molar-refractivity contribution is 5.71. The summed E-state index contributed by atoms with van der Waals surface area (Å²) >= 11 is 0. The first-order chi connectivity index (χ1) is 8.16. The van der Waals surface area contributed by atoms with Gasteiger partial charge in [-0.05, 0) is 55.3 Å². The van der Waals surface area contributed by atoms with Crippen LogP contribution in [-0.2, 0) is 9.53 Å². The molecular formula is C15H24O2. The zero-order valence-electron chi connectivity index (χ0n) is 11.0. The van der Waals surface area contributed by atoms with Gasteiger partial charge in [-0.2, -0.15) is 0 Å². The quantitative estimate of drug-likeness (QED) is 0.703. The fourth-order valence-electron chi connectivity index (χ4n) is 4.76. The Morgan fingerprint density at radius 1 is 1.18 bits per heavy atom. The molecule has 2 heteroatoms. The van der Waals surface area contributed by atoms with Crippen molar-refractivity contribution in [3.05, 3.63) is 0 Å². The van der Waals surface area contributed by atoms with E-state index in [4.69, 9.17) is 4.74 Å². The standard InChI is InChI=1S/C15H24O2/c1-9(2)15(16)17-8-11-6-10-7-14(11)13-5-3-4-12(10)13/h9-14H,3-8H2,1-2H3. The Morgan fingerprint density at radius 2 is 1.94 bits per heavy atom. The number of fused-ring (bicyclic) bond motifs is 5. The normalized spacial score (nSPS) is 43.1. The van der Waals surface area contributed by atoms with Crippen molar-refractivity contribution >= 4 is 5.97 Å². The van der Waals surface area contributed by atoms with Crippen LogP contribution in [0.15, 0.2) is 0 Å². The van der Waals surface area contributed by atoms with Gasteiger partial charge >= 0.3 is 5.97 Å². The van der Waals surface area contributed by atoms with Crippen LogP contribution in [0.3, 0.4) is 0 Å². The summed E-state index contributed by atoms with van der Waals surface area (Å²) in [5, 5.41) is 0. The fraction of sp³-hybridized carbons (Fsp3) is 0.933. The number of hydrogen-bond acceptors (Lipinski definition) is 2. The summed E-state index contributed by atoms with van der Waals surface area (Å²) in [5.74, 6) is 4.56. The molecule has 5 atom stereocenters. The van der Waals surface area contributed by atoms with Gasteiger partial charge in [0.05, 0.1) is 12.5 Å². The lowest BCUT2D eigenvalue weighted by molar-refractivity contribution is -0.149. The first-order valence-electron chi connectivity index (χ1n) is 7.33. The molecule has 0 saturated heterocycles. The fourth-order valence-corrected chi connectivity index (χ4v) is 4.76. The summed E-state index contributed by atoms with van der Waals surface area (Å²) < 4.78 is 5.45. The average Bonchev–Trinajstić information content (AvgIpc) is 2.96.